The van der Waals surface area contributed by atoms with Crippen molar-refractivity contribution in [1.29, 1.82) is 0 Å². The van der Waals surface area contributed by atoms with Gasteiger partial charge in [-0.25, -0.2) is 0 Å². The van der Waals surface area contributed by atoms with E-state index in [1.807, 2.05) is 13.8 Å². The minimum Gasteiger partial charge on any atom is -0.391 e. The zero-order valence-corrected chi connectivity index (χ0v) is 12.0. The molecule has 18 heavy (non-hydrogen) atoms. The predicted octanol–water partition coefficient (Wildman–Crippen LogP) is 2.87. The molecule has 0 aromatic heterocycles. The summed E-state index contributed by atoms with van der Waals surface area (Å²) in [6.07, 6.45) is 9.23. The molecule has 0 heterocycles. The van der Waals surface area contributed by atoms with Crippen molar-refractivity contribution < 1.29 is 9.90 Å². The van der Waals surface area contributed by atoms with Gasteiger partial charge in [-0.3, -0.25) is 4.79 Å². The van der Waals surface area contributed by atoms with Gasteiger partial charge in [-0.1, -0.05) is 46.0 Å². The fourth-order valence-electron chi connectivity index (χ4n) is 2.57. The molecule has 3 heteroatoms. The van der Waals surface area contributed by atoms with Crippen molar-refractivity contribution in [3.63, 3.8) is 0 Å². The lowest BCUT2D eigenvalue weighted by Crippen LogP contribution is -2.34. The van der Waals surface area contributed by atoms with E-state index in [1.54, 1.807) is 0 Å². The highest BCUT2D eigenvalue weighted by molar-refractivity contribution is 5.75. The molecule has 0 radical (unpaired) electrons. The maximum absolute atomic E-state index is 11.6. The molecule has 0 spiro atoms. The molecular weight excluding hydrogens is 226 g/mol. The van der Waals surface area contributed by atoms with Crippen LogP contribution < -0.4 is 5.32 Å². The summed E-state index contributed by atoms with van der Waals surface area (Å²) in [5, 5.41) is 12.4. The SMILES string of the molecule is CC(C)C(O)CNC(=O)CCCC1CCCCC1. The Morgan fingerprint density at radius 1 is 1.28 bits per heavy atom. The number of carbonyl (C=O) groups is 1. The van der Waals surface area contributed by atoms with E-state index in [1.165, 1.54) is 38.5 Å². The van der Waals surface area contributed by atoms with E-state index < -0.39 is 6.10 Å². The lowest BCUT2D eigenvalue weighted by molar-refractivity contribution is -0.121. The highest BCUT2D eigenvalue weighted by Crippen LogP contribution is 2.27. The largest absolute Gasteiger partial charge is 0.391 e. The molecular formula is C15H29NO2. The normalized spacial score (nSPS) is 18.9. The van der Waals surface area contributed by atoms with E-state index >= 15 is 0 Å². The molecule has 1 atom stereocenters. The monoisotopic (exact) mass is 255 g/mol. The Morgan fingerprint density at radius 2 is 1.94 bits per heavy atom. The molecule has 0 aromatic carbocycles. The van der Waals surface area contributed by atoms with Crippen LogP contribution in [0.2, 0.25) is 0 Å². The van der Waals surface area contributed by atoms with Crippen LogP contribution in [0.5, 0.6) is 0 Å². The molecule has 1 aliphatic rings. The predicted molar refractivity (Wildman–Crippen MR) is 74.3 cm³/mol. The number of aliphatic hydroxyl groups excluding tert-OH is 1. The first-order valence-electron chi connectivity index (χ1n) is 7.54. The minimum atomic E-state index is -0.424. The van der Waals surface area contributed by atoms with Crippen molar-refractivity contribution in [2.75, 3.05) is 6.54 Å². The van der Waals surface area contributed by atoms with Crippen LogP contribution in [0.15, 0.2) is 0 Å². The molecule has 1 amide bonds. The Kier molecular flexibility index (Phi) is 7.33. The summed E-state index contributed by atoms with van der Waals surface area (Å²) in [7, 11) is 0. The first-order chi connectivity index (χ1) is 8.59. The summed E-state index contributed by atoms with van der Waals surface area (Å²) < 4.78 is 0. The first kappa shape index (κ1) is 15.5. The van der Waals surface area contributed by atoms with Gasteiger partial charge < -0.3 is 10.4 Å². The van der Waals surface area contributed by atoms with Gasteiger partial charge in [0.2, 0.25) is 5.91 Å². The zero-order chi connectivity index (χ0) is 13.4. The second-order valence-electron chi connectivity index (χ2n) is 6.01. The van der Waals surface area contributed by atoms with Gasteiger partial charge in [-0.15, -0.1) is 0 Å². The van der Waals surface area contributed by atoms with Crippen molar-refractivity contribution in [2.45, 2.75) is 71.3 Å². The molecule has 0 aliphatic heterocycles. The molecule has 1 rings (SSSR count). The Balaban J connectivity index is 2.02. The fraction of sp³-hybridized carbons (Fsp3) is 0.933. The molecule has 1 saturated carbocycles. The van der Waals surface area contributed by atoms with Gasteiger partial charge in [-0.2, -0.15) is 0 Å². The van der Waals surface area contributed by atoms with Crippen LogP contribution in [0.4, 0.5) is 0 Å². The molecule has 1 aliphatic carbocycles. The Labute approximate surface area is 111 Å². The van der Waals surface area contributed by atoms with Gasteiger partial charge in [0.1, 0.15) is 0 Å². The average molecular weight is 255 g/mol. The number of carbonyl (C=O) groups excluding carboxylic acids is 1. The van der Waals surface area contributed by atoms with Crippen LogP contribution in [-0.2, 0) is 4.79 Å². The van der Waals surface area contributed by atoms with Crippen molar-refractivity contribution in [2.24, 2.45) is 11.8 Å². The number of hydrogen-bond acceptors (Lipinski definition) is 2. The van der Waals surface area contributed by atoms with Crippen LogP contribution in [0.3, 0.4) is 0 Å². The van der Waals surface area contributed by atoms with Crippen LogP contribution in [-0.4, -0.2) is 23.7 Å². The summed E-state index contributed by atoms with van der Waals surface area (Å²) in [5.74, 6) is 1.14. The van der Waals surface area contributed by atoms with Gasteiger partial charge in [0.15, 0.2) is 0 Å². The van der Waals surface area contributed by atoms with Crippen LogP contribution in [0, 0.1) is 11.8 Å². The smallest absolute Gasteiger partial charge is 0.220 e. The molecule has 1 unspecified atom stereocenters. The molecule has 106 valence electrons. The van der Waals surface area contributed by atoms with E-state index in [9.17, 15) is 9.90 Å². The number of nitrogens with one attached hydrogen (secondary N) is 1. The Bertz CT molecular complexity index is 235. The van der Waals surface area contributed by atoms with Crippen molar-refractivity contribution in [3.8, 4) is 0 Å². The second-order valence-corrected chi connectivity index (χ2v) is 6.01. The maximum Gasteiger partial charge on any atom is 0.220 e. The number of hydrogen-bond donors (Lipinski definition) is 2. The molecule has 0 aromatic rings. The van der Waals surface area contributed by atoms with Gasteiger partial charge >= 0.3 is 0 Å². The van der Waals surface area contributed by atoms with E-state index in [-0.39, 0.29) is 11.8 Å². The quantitative estimate of drug-likeness (QED) is 0.735. The number of rotatable bonds is 7. The lowest BCUT2D eigenvalue weighted by Gasteiger charge is -2.21. The first-order valence-corrected chi connectivity index (χ1v) is 7.54. The van der Waals surface area contributed by atoms with Crippen molar-refractivity contribution in [1.82, 2.24) is 5.32 Å². The molecule has 0 bridgehead atoms. The molecule has 2 N–H and O–H groups in total. The Hall–Kier alpha value is -0.570. The number of aliphatic hydroxyl groups is 1. The van der Waals surface area contributed by atoms with E-state index in [4.69, 9.17) is 0 Å². The lowest BCUT2D eigenvalue weighted by atomic mass is 9.86. The van der Waals surface area contributed by atoms with Crippen LogP contribution in [0.25, 0.3) is 0 Å². The van der Waals surface area contributed by atoms with Gasteiger partial charge in [0.05, 0.1) is 6.10 Å². The van der Waals surface area contributed by atoms with E-state index in [0.29, 0.717) is 13.0 Å². The zero-order valence-electron chi connectivity index (χ0n) is 12.0. The third-order valence-electron chi connectivity index (χ3n) is 4.02. The highest BCUT2D eigenvalue weighted by Gasteiger charge is 2.14. The number of amides is 1. The van der Waals surface area contributed by atoms with Crippen molar-refractivity contribution in [3.05, 3.63) is 0 Å². The molecule has 3 nitrogen and oxygen atoms in total. The van der Waals surface area contributed by atoms with Crippen LogP contribution in [0.1, 0.15) is 65.2 Å². The van der Waals surface area contributed by atoms with Gasteiger partial charge in [0.25, 0.3) is 0 Å². The standard InChI is InChI=1S/C15H29NO2/c1-12(2)14(17)11-16-15(18)10-6-9-13-7-4-3-5-8-13/h12-14,17H,3-11H2,1-2H3,(H,16,18). The van der Waals surface area contributed by atoms with E-state index in [2.05, 4.69) is 5.32 Å². The fourth-order valence-corrected chi connectivity index (χ4v) is 2.57. The Morgan fingerprint density at radius 3 is 2.56 bits per heavy atom. The highest BCUT2D eigenvalue weighted by atomic mass is 16.3. The third kappa shape index (κ3) is 6.39. The topological polar surface area (TPSA) is 49.3 Å². The third-order valence-corrected chi connectivity index (χ3v) is 4.02. The summed E-state index contributed by atoms with van der Waals surface area (Å²) in [6.45, 7) is 4.31. The van der Waals surface area contributed by atoms with Crippen molar-refractivity contribution >= 4 is 5.91 Å². The second kappa shape index (κ2) is 8.52. The van der Waals surface area contributed by atoms with Gasteiger partial charge in [-0.05, 0) is 24.7 Å². The summed E-state index contributed by atoms with van der Waals surface area (Å²) in [4.78, 5) is 11.6. The van der Waals surface area contributed by atoms with Crippen LogP contribution >= 0.6 is 0 Å². The van der Waals surface area contributed by atoms with Gasteiger partial charge in [0, 0.05) is 13.0 Å². The summed E-state index contributed by atoms with van der Waals surface area (Å²) in [5.41, 5.74) is 0. The molecule has 1 fully saturated rings. The summed E-state index contributed by atoms with van der Waals surface area (Å²) in [6, 6.07) is 0. The average Bonchev–Trinajstić information content (AvgIpc) is 2.37. The maximum atomic E-state index is 11.6. The molecule has 0 saturated heterocycles. The minimum absolute atomic E-state index is 0.0884. The van der Waals surface area contributed by atoms with E-state index in [0.717, 1.165) is 12.3 Å². The summed E-state index contributed by atoms with van der Waals surface area (Å²) >= 11 is 0.